The molecule has 3 nitrogen and oxygen atoms in total. The van der Waals surface area contributed by atoms with Crippen molar-refractivity contribution >= 4 is 10.9 Å². The maximum Gasteiger partial charge on any atom is 0.212 e. The van der Waals surface area contributed by atoms with E-state index in [-0.39, 0.29) is 0 Å². The second kappa shape index (κ2) is 7.25. The van der Waals surface area contributed by atoms with E-state index in [9.17, 15) is 0 Å². The van der Waals surface area contributed by atoms with Crippen LogP contribution in [-0.2, 0) is 6.54 Å². The van der Waals surface area contributed by atoms with Crippen molar-refractivity contribution in [1.29, 1.82) is 0 Å². The molecule has 0 N–H and O–H groups in total. The molecule has 0 spiro atoms. The van der Waals surface area contributed by atoms with Crippen LogP contribution in [0.1, 0.15) is 20.3 Å². The van der Waals surface area contributed by atoms with Crippen molar-refractivity contribution in [3.63, 3.8) is 0 Å². The van der Waals surface area contributed by atoms with Gasteiger partial charge in [0.25, 0.3) is 0 Å². The van der Waals surface area contributed by atoms with Gasteiger partial charge in [-0.15, -0.1) is 0 Å². The fraction of sp³-hybridized carbons (Fsp3) is 0.471. The second-order valence-corrected chi connectivity index (χ2v) is 5.01. The molecule has 0 unspecified atom stereocenters. The molecule has 0 aliphatic carbocycles. The van der Waals surface area contributed by atoms with Gasteiger partial charge in [0.1, 0.15) is 12.3 Å². The standard InChI is InChI=1S/C17H25N2O/c1-4-18(5-2)11-7-13-19-12-6-8-15-14-16(20-3)9-10-17(15)19/h6,8-10,12,14H,4-5,7,11,13H2,1-3H3/q+1. The van der Waals surface area contributed by atoms with Gasteiger partial charge in [-0.25, -0.2) is 0 Å². The largest absolute Gasteiger partial charge is 0.497 e. The van der Waals surface area contributed by atoms with Gasteiger partial charge >= 0.3 is 0 Å². The van der Waals surface area contributed by atoms with E-state index < -0.39 is 0 Å². The molecular weight excluding hydrogens is 248 g/mol. The third-order valence-corrected chi connectivity index (χ3v) is 3.85. The summed E-state index contributed by atoms with van der Waals surface area (Å²) in [5, 5.41) is 1.23. The van der Waals surface area contributed by atoms with Crippen molar-refractivity contribution in [1.82, 2.24) is 4.90 Å². The van der Waals surface area contributed by atoms with E-state index in [1.807, 2.05) is 6.07 Å². The molecule has 0 atom stereocenters. The van der Waals surface area contributed by atoms with Crippen LogP contribution in [0.4, 0.5) is 0 Å². The van der Waals surface area contributed by atoms with Crippen LogP contribution >= 0.6 is 0 Å². The average Bonchev–Trinajstić information content (AvgIpc) is 2.51. The van der Waals surface area contributed by atoms with E-state index in [1.165, 1.54) is 17.3 Å². The Morgan fingerprint density at radius 3 is 2.65 bits per heavy atom. The molecule has 20 heavy (non-hydrogen) atoms. The molecule has 1 aromatic carbocycles. The van der Waals surface area contributed by atoms with Gasteiger partial charge in [-0.05, 0) is 31.3 Å². The topological polar surface area (TPSA) is 16.4 Å². The summed E-state index contributed by atoms with van der Waals surface area (Å²) in [4.78, 5) is 2.47. The molecular formula is C17H25N2O+. The fourth-order valence-corrected chi connectivity index (χ4v) is 2.59. The molecule has 0 fully saturated rings. The summed E-state index contributed by atoms with van der Waals surface area (Å²) < 4.78 is 7.62. The molecule has 108 valence electrons. The summed E-state index contributed by atoms with van der Waals surface area (Å²) in [5.74, 6) is 0.915. The van der Waals surface area contributed by atoms with Crippen molar-refractivity contribution < 1.29 is 9.30 Å². The van der Waals surface area contributed by atoms with Crippen molar-refractivity contribution in [2.75, 3.05) is 26.7 Å². The van der Waals surface area contributed by atoms with Crippen LogP contribution in [0.2, 0.25) is 0 Å². The van der Waals surface area contributed by atoms with E-state index in [4.69, 9.17) is 4.74 Å². The molecule has 0 aliphatic rings. The lowest BCUT2D eigenvalue weighted by Crippen LogP contribution is -2.36. The molecule has 2 aromatic rings. The smallest absolute Gasteiger partial charge is 0.212 e. The lowest BCUT2D eigenvalue weighted by Gasteiger charge is -2.16. The zero-order valence-electron chi connectivity index (χ0n) is 12.8. The summed E-state index contributed by atoms with van der Waals surface area (Å²) in [6.45, 7) is 8.93. The first-order chi connectivity index (χ1) is 9.78. The summed E-state index contributed by atoms with van der Waals surface area (Å²) >= 11 is 0. The van der Waals surface area contributed by atoms with Gasteiger partial charge in [-0.3, -0.25) is 0 Å². The predicted molar refractivity (Wildman–Crippen MR) is 83.1 cm³/mol. The fourth-order valence-electron chi connectivity index (χ4n) is 2.59. The number of benzene rings is 1. The maximum absolute atomic E-state index is 5.29. The molecule has 0 bridgehead atoms. The zero-order valence-corrected chi connectivity index (χ0v) is 12.8. The van der Waals surface area contributed by atoms with Crippen LogP contribution in [0.5, 0.6) is 5.75 Å². The van der Waals surface area contributed by atoms with Gasteiger partial charge in [-0.2, -0.15) is 4.57 Å². The first-order valence-electron chi connectivity index (χ1n) is 7.47. The van der Waals surface area contributed by atoms with E-state index in [0.29, 0.717) is 0 Å². The highest BCUT2D eigenvalue weighted by Gasteiger charge is 2.09. The molecule has 3 heteroatoms. The van der Waals surface area contributed by atoms with Crippen molar-refractivity contribution in [2.24, 2.45) is 0 Å². The lowest BCUT2D eigenvalue weighted by atomic mass is 10.2. The number of hydrogen-bond acceptors (Lipinski definition) is 2. The normalized spacial score (nSPS) is 11.2. The number of pyridine rings is 1. The summed E-state index contributed by atoms with van der Waals surface area (Å²) in [6, 6.07) is 10.5. The van der Waals surface area contributed by atoms with Gasteiger partial charge in [0, 0.05) is 25.1 Å². The minimum Gasteiger partial charge on any atom is -0.497 e. The first kappa shape index (κ1) is 14.8. The Bertz CT molecular complexity index is 550. The number of fused-ring (bicyclic) bond motifs is 1. The summed E-state index contributed by atoms with van der Waals surface area (Å²) in [7, 11) is 1.71. The third-order valence-electron chi connectivity index (χ3n) is 3.85. The quantitative estimate of drug-likeness (QED) is 0.721. The number of rotatable bonds is 7. The predicted octanol–water partition coefficient (Wildman–Crippen LogP) is 2.87. The van der Waals surface area contributed by atoms with Crippen LogP contribution in [0.3, 0.4) is 0 Å². The number of hydrogen-bond donors (Lipinski definition) is 0. The van der Waals surface area contributed by atoms with E-state index in [0.717, 1.165) is 31.9 Å². The maximum atomic E-state index is 5.29. The SMILES string of the molecule is CCN(CC)CCC[n+]1cccc2cc(OC)ccc21. The van der Waals surface area contributed by atoms with Crippen LogP contribution in [-0.4, -0.2) is 31.6 Å². The molecule has 2 rings (SSSR count). The van der Waals surface area contributed by atoms with Gasteiger partial charge < -0.3 is 9.64 Å². The van der Waals surface area contributed by atoms with E-state index in [1.54, 1.807) is 7.11 Å². The lowest BCUT2D eigenvalue weighted by molar-refractivity contribution is -0.671. The summed E-state index contributed by atoms with van der Waals surface area (Å²) in [5.41, 5.74) is 1.27. The summed E-state index contributed by atoms with van der Waals surface area (Å²) in [6.07, 6.45) is 3.34. The Labute approximate surface area is 121 Å². The van der Waals surface area contributed by atoms with E-state index in [2.05, 4.69) is 53.8 Å². The molecule has 0 radical (unpaired) electrons. The Morgan fingerprint density at radius 2 is 1.95 bits per heavy atom. The Balaban J connectivity index is 2.10. The van der Waals surface area contributed by atoms with Crippen LogP contribution < -0.4 is 9.30 Å². The minimum atomic E-state index is 0.915. The number of aryl methyl sites for hydroxylation is 1. The van der Waals surface area contributed by atoms with Crippen LogP contribution in [0.25, 0.3) is 10.9 Å². The number of ether oxygens (including phenoxy) is 1. The highest BCUT2D eigenvalue weighted by Crippen LogP contribution is 2.17. The molecule has 1 aromatic heterocycles. The van der Waals surface area contributed by atoms with Crippen molar-refractivity contribution in [2.45, 2.75) is 26.8 Å². The van der Waals surface area contributed by atoms with Crippen molar-refractivity contribution in [3.8, 4) is 5.75 Å². The van der Waals surface area contributed by atoms with Crippen LogP contribution in [0.15, 0.2) is 36.5 Å². The van der Waals surface area contributed by atoms with E-state index >= 15 is 0 Å². The number of aromatic nitrogens is 1. The molecule has 1 heterocycles. The third kappa shape index (κ3) is 3.48. The molecule has 0 amide bonds. The first-order valence-corrected chi connectivity index (χ1v) is 7.47. The van der Waals surface area contributed by atoms with Gasteiger partial charge in [0.15, 0.2) is 6.20 Å². The van der Waals surface area contributed by atoms with Crippen LogP contribution in [0, 0.1) is 0 Å². The number of nitrogens with zero attached hydrogens (tertiary/aromatic N) is 2. The molecule has 0 saturated heterocycles. The monoisotopic (exact) mass is 273 g/mol. The minimum absolute atomic E-state index is 0.915. The molecule has 0 aliphatic heterocycles. The van der Waals surface area contributed by atoms with Crippen molar-refractivity contribution in [3.05, 3.63) is 36.5 Å². The van der Waals surface area contributed by atoms with Gasteiger partial charge in [-0.1, -0.05) is 13.8 Å². The zero-order chi connectivity index (χ0) is 14.4. The Kier molecular flexibility index (Phi) is 5.36. The second-order valence-electron chi connectivity index (χ2n) is 5.01. The van der Waals surface area contributed by atoms with Gasteiger partial charge in [0.05, 0.1) is 12.5 Å². The molecule has 0 saturated carbocycles. The Morgan fingerprint density at radius 1 is 1.15 bits per heavy atom. The number of methoxy groups -OCH3 is 1. The highest BCUT2D eigenvalue weighted by atomic mass is 16.5. The average molecular weight is 273 g/mol. The highest BCUT2D eigenvalue weighted by molar-refractivity contribution is 5.77. The Hall–Kier alpha value is -1.61. The van der Waals surface area contributed by atoms with Gasteiger partial charge in [0.2, 0.25) is 5.52 Å².